The van der Waals surface area contributed by atoms with E-state index in [4.69, 9.17) is 4.42 Å². The number of amides is 1. The second kappa shape index (κ2) is 7.62. The number of nitrogens with one attached hydrogen (secondary N) is 1. The highest BCUT2D eigenvalue weighted by Crippen LogP contribution is 2.30. The summed E-state index contributed by atoms with van der Waals surface area (Å²) in [6, 6.07) is 5.47. The van der Waals surface area contributed by atoms with Gasteiger partial charge in [-0.3, -0.25) is 9.78 Å². The molecular weight excluding hydrogens is 352 g/mol. The first kappa shape index (κ1) is 18.5. The highest BCUT2D eigenvalue weighted by molar-refractivity contribution is 6.05. The molecule has 1 aliphatic heterocycles. The van der Waals surface area contributed by atoms with Gasteiger partial charge in [-0.15, -0.1) is 0 Å². The molecule has 1 atom stereocenters. The maximum absolute atomic E-state index is 12.9. The van der Waals surface area contributed by atoms with Crippen molar-refractivity contribution in [3.05, 3.63) is 48.1 Å². The lowest BCUT2D eigenvalue weighted by atomic mass is 10.00. The molecule has 3 aromatic heterocycles. The number of carbonyl (C=O) groups excluding carboxylic acids is 1. The molecule has 0 aliphatic carbocycles. The Bertz CT molecular complexity index is 995. The van der Waals surface area contributed by atoms with E-state index >= 15 is 0 Å². The van der Waals surface area contributed by atoms with Crippen molar-refractivity contribution in [2.45, 2.75) is 39.5 Å². The molecule has 1 aliphatic rings. The molecule has 0 bridgehead atoms. The van der Waals surface area contributed by atoms with Gasteiger partial charge in [0.2, 0.25) is 0 Å². The average Bonchev–Trinajstić information content (AvgIpc) is 3.12. The summed E-state index contributed by atoms with van der Waals surface area (Å²) in [5.41, 5.74) is 4.57. The van der Waals surface area contributed by atoms with E-state index in [-0.39, 0.29) is 11.8 Å². The first-order valence-electron chi connectivity index (χ1n) is 9.91. The Labute approximate surface area is 165 Å². The van der Waals surface area contributed by atoms with Crippen LogP contribution in [0.5, 0.6) is 0 Å². The Hall–Kier alpha value is -2.89. The minimum Gasteiger partial charge on any atom is -0.462 e. The van der Waals surface area contributed by atoms with Crippen LogP contribution in [0.4, 0.5) is 11.4 Å². The predicted molar refractivity (Wildman–Crippen MR) is 111 cm³/mol. The molecule has 1 N–H and O–H groups in total. The van der Waals surface area contributed by atoms with Gasteiger partial charge in [0.15, 0.2) is 5.58 Å². The fourth-order valence-corrected chi connectivity index (χ4v) is 3.82. The van der Waals surface area contributed by atoms with Crippen molar-refractivity contribution < 1.29 is 9.21 Å². The van der Waals surface area contributed by atoms with Gasteiger partial charge in [-0.2, -0.15) is 0 Å². The molecule has 0 unspecified atom stereocenters. The molecule has 0 spiro atoms. The van der Waals surface area contributed by atoms with Gasteiger partial charge in [0.25, 0.3) is 5.91 Å². The highest BCUT2D eigenvalue weighted by atomic mass is 16.3. The summed E-state index contributed by atoms with van der Waals surface area (Å²) in [6.45, 7) is 8.42. The zero-order chi connectivity index (χ0) is 19.7. The predicted octanol–water partition coefficient (Wildman–Crippen LogP) is 4.83. The van der Waals surface area contributed by atoms with E-state index in [1.165, 1.54) is 6.42 Å². The summed E-state index contributed by atoms with van der Waals surface area (Å²) < 4.78 is 5.56. The number of furan rings is 1. The largest absolute Gasteiger partial charge is 0.462 e. The highest BCUT2D eigenvalue weighted by Gasteiger charge is 2.21. The molecule has 6 heteroatoms. The number of pyridine rings is 2. The van der Waals surface area contributed by atoms with Crippen molar-refractivity contribution in [3.63, 3.8) is 0 Å². The third-order valence-electron chi connectivity index (χ3n) is 5.34. The lowest BCUT2D eigenvalue weighted by Gasteiger charge is -2.33. The van der Waals surface area contributed by atoms with Crippen molar-refractivity contribution in [1.82, 2.24) is 9.97 Å². The average molecular weight is 378 g/mol. The van der Waals surface area contributed by atoms with Crippen LogP contribution in [0.25, 0.3) is 11.1 Å². The Morgan fingerprint density at radius 2 is 2.18 bits per heavy atom. The van der Waals surface area contributed by atoms with Crippen LogP contribution in [0.3, 0.4) is 0 Å². The van der Waals surface area contributed by atoms with Crippen molar-refractivity contribution >= 4 is 28.4 Å². The van der Waals surface area contributed by atoms with E-state index < -0.39 is 0 Å². The first-order valence-corrected chi connectivity index (χ1v) is 9.91. The van der Waals surface area contributed by atoms with Gasteiger partial charge in [-0.1, -0.05) is 20.8 Å². The maximum Gasteiger partial charge on any atom is 0.274 e. The molecule has 1 saturated heterocycles. The van der Waals surface area contributed by atoms with Crippen molar-refractivity contribution in [2.75, 3.05) is 23.3 Å². The van der Waals surface area contributed by atoms with Crippen LogP contribution in [0.15, 0.2) is 41.3 Å². The molecule has 1 fully saturated rings. The molecule has 146 valence electrons. The minimum absolute atomic E-state index is 0.239. The van der Waals surface area contributed by atoms with Gasteiger partial charge in [0.05, 0.1) is 23.8 Å². The standard InChI is InChI=1S/C22H26N4O2/c1-14(2)16-13-28-20-7-6-17(24-21(16)20)22(27)25-18-11-23-9-8-19(18)26-10-4-5-15(3)12-26/h6-9,11,13-15H,4-5,10,12H2,1-3H3,(H,25,27)/t15-/m0/s1. The quantitative estimate of drug-likeness (QED) is 0.704. The number of aromatic nitrogens is 2. The third-order valence-corrected chi connectivity index (χ3v) is 5.34. The molecule has 0 saturated carbocycles. The van der Waals surface area contributed by atoms with Crippen LogP contribution in [-0.2, 0) is 0 Å². The first-order chi connectivity index (χ1) is 13.5. The van der Waals surface area contributed by atoms with Gasteiger partial charge in [0.1, 0.15) is 11.2 Å². The van der Waals surface area contributed by atoms with Crippen LogP contribution >= 0.6 is 0 Å². The van der Waals surface area contributed by atoms with Crippen LogP contribution in [0.1, 0.15) is 55.6 Å². The van der Waals surface area contributed by atoms with E-state index in [0.717, 1.165) is 42.0 Å². The zero-order valence-corrected chi connectivity index (χ0v) is 16.6. The van der Waals surface area contributed by atoms with Gasteiger partial charge in [-0.25, -0.2) is 4.98 Å². The van der Waals surface area contributed by atoms with Crippen molar-refractivity contribution in [1.29, 1.82) is 0 Å². The Morgan fingerprint density at radius 3 is 2.96 bits per heavy atom. The summed E-state index contributed by atoms with van der Waals surface area (Å²) >= 11 is 0. The Balaban J connectivity index is 1.60. The molecule has 6 nitrogen and oxygen atoms in total. The van der Waals surface area contributed by atoms with Crippen molar-refractivity contribution in [2.24, 2.45) is 5.92 Å². The third kappa shape index (κ3) is 3.59. The Kier molecular flexibility index (Phi) is 5.03. The molecule has 28 heavy (non-hydrogen) atoms. The van der Waals surface area contributed by atoms with E-state index in [0.29, 0.717) is 17.2 Å². The van der Waals surface area contributed by atoms with Gasteiger partial charge in [-0.05, 0) is 42.9 Å². The monoisotopic (exact) mass is 378 g/mol. The summed E-state index contributed by atoms with van der Waals surface area (Å²) in [6.07, 6.45) is 7.61. The van der Waals surface area contributed by atoms with Crippen LogP contribution in [0, 0.1) is 5.92 Å². The number of hydrogen-bond acceptors (Lipinski definition) is 5. The summed E-state index contributed by atoms with van der Waals surface area (Å²) in [4.78, 5) is 24.0. The van der Waals surface area contributed by atoms with E-state index in [2.05, 4.69) is 41.0 Å². The molecule has 0 aromatic carbocycles. The number of anilines is 2. The van der Waals surface area contributed by atoms with E-state index in [1.807, 2.05) is 6.07 Å². The fraction of sp³-hybridized carbons (Fsp3) is 0.409. The number of nitrogens with zero attached hydrogens (tertiary/aromatic N) is 3. The lowest BCUT2D eigenvalue weighted by Crippen LogP contribution is -2.35. The normalized spacial score (nSPS) is 17.3. The minimum atomic E-state index is -0.239. The smallest absolute Gasteiger partial charge is 0.274 e. The number of carbonyl (C=O) groups is 1. The van der Waals surface area contributed by atoms with Gasteiger partial charge >= 0.3 is 0 Å². The molecule has 3 aromatic rings. The molecular formula is C22H26N4O2. The lowest BCUT2D eigenvalue weighted by molar-refractivity contribution is 0.102. The molecule has 1 amide bonds. The topological polar surface area (TPSA) is 71.3 Å². The second-order valence-corrected chi connectivity index (χ2v) is 7.93. The second-order valence-electron chi connectivity index (χ2n) is 7.93. The van der Waals surface area contributed by atoms with E-state index in [1.54, 1.807) is 30.8 Å². The SMILES string of the molecule is CC(C)c1coc2ccc(C(=O)Nc3cnccc3N3CCC[C@H](C)C3)nc12. The zero-order valence-electron chi connectivity index (χ0n) is 16.6. The number of fused-ring (bicyclic) bond motifs is 1. The maximum atomic E-state index is 12.9. The number of rotatable bonds is 4. The van der Waals surface area contributed by atoms with E-state index in [9.17, 15) is 4.79 Å². The summed E-state index contributed by atoms with van der Waals surface area (Å²) in [5, 5.41) is 3.01. The Morgan fingerprint density at radius 1 is 1.32 bits per heavy atom. The number of piperidine rings is 1. The van der Waals surface area contributed by atoms with Crippen molar-refractivity contribution in [3.8, 4) is 0 Å². The molecule has 0 radical (unpaired) electrons. The van der Waals surface area contributed by atoms with Crippen LogP contribution in [-0.4, -0.2) is 29.0 Å². The van der Waals surface area contributed by atoms with Gasteiger partial charge < -0.3 is 14.6 Å². The van der Waals surface area contributed by atoms with Gasteiger partial charge in [0, 0.05) is 24.8 Å². The fourth-order valence-electron chi connectivity index (χ4n) is 3.82. The number of hydrogen-bond donors (Lipinski definition) is 1. The molecule has 4 rings (SSSR count). The molecule has 4 heterocycles. The van der Waals surface area contributed by atoms with Crippen LogP contribution in [0.2, 0.25) is 0 Å². The van der Waals surface area contributed by atoms with Crippen LogP contribution < -0.4 is 10.2 Å². The summed E-state index contributed by atoms with van der Waals surface area (Å²) in [5.74, 6) is 0.681. The summed E-state index contributed by atoms with van der Waals surface area (Å²) in [7, 11) is 0.